The van der Waals surface area contributed by atoms with Gasteiger partial charge in [0.1, 0.15) is 5.82 Å². The number of hydrogen-bond donors (Lipinski definition) is 2. The van der Waals surface area contributed by atoms with Crippen molar-refractivity contribution < 1.29 is 27.1 Å². The minimum absolute atomic E-state index is 0.123. The fourth-order valence-electron chi connectivity index (χ4n) is 5.35. The number of aromatic nitrogens is 1. The van der Waals surface area contributed by atoms with Gasteiger partial charge in [0, 0.05) is 63.1 Å². The zero-order valence-electron chi connectivity index (χ0n) is 23.4. The lowest BCUT2D eigenvalue weighted by Gasteiger charge is -2.39. The third kappa shape index (κ3) is 6.66. The second kappa shape index (κ2) is 12.2. The number of anilines is 2. The molecule has 8 nitrogen and oxygen atoms in total. The SMILES string of the molecule is C[C@H]1CN(c2cc(F)c(-c3cccc(CN4CCOCC4)c3)cc2NC(=O)c2c[nH]c(=O)cc2C(F)(F)F)CCN1C. The maximum absolute atomic E-state index is 15.8. The zero-order valence-corrected chi connectivity index (χ0v) is 23.4. The summed E-state index contributed by atoms with van der Waals surface area (Å²) in [6.45, 7) is 7.29. The summed E-state index contributed by atoms with van der Waals surface area (Å²) in [6, 6.07) is 10.7. The number of aromatic amines is 1. The molecule has 0 radical (unpaired) electrons. The molecule has 3 heterocycles. The Morgan fingerprint density at radius 1 is 1.10 bits per heavy atom. The molecule has 2 fully saturated rings. The number of nitrogens with zero attached hydrogens (tertiary/aromatic N) is 3. The Bertz CT molecular complexity index is 1500. The van der Waals surface area contributed by atoms with Gasteiger partial charge in [0.25, 0.3) is 5.91 Å². The lowest BCUT2D eigenvalue weighted by atomic mass is 10.00. The Morgan fingerprint density at radius 3 is 2.57 bits per heavy atom. The third-order valence-electron chi connectivity index (χ3n) is 7.86. The molecule has 1 amide bonds. The number of morpholine rings is 1. The van der Waals surface area contributed by atoms with Crippen molar-refractivity contribution in [2.45, 2.75) is 25.7 Å². The highest BCUT2D eigenvalue weighted by atomic mass is 19.4. The van der Waals surface area contributed by atoms with Crippen LogP contribution in [0.2, 0.25) is 0 Å². The molecule has 12 heteroatoms. The summed E-state index contributed by atoms with van der Waals surface area (Å²) in [4.78, 5) is 33.4. The number of carbonyl (C=O) groups excluding carboxylic acids is 1. The fourth-order valence-corrected chi connectivity index (χ4v) is 5.35. The van der Waals surface area contributed by atoms with E-state index in [0.29, 0.717) is 56.7 Å². The van der Waals surface area contributed by atoms with Gasteiger partial charge < -0.3 is 24.8 Å². The van der Waals surface area contributed by atoms with E-state index in [1.807, 2.05) is 37.1 Å². The first-order valence-electron chi connectivity index (χ1n) is 13.8. The van der Waals surface area contributed by atoms with E-state index in [9.17, 15) is 22.8 Å². The monoisotopic (exact) mass is 587 g/mol. The largest absolute Gasteiger partial charge is 0.417 e. The van der Waals surface area contributed by atoms with Crippen molar-refractivity contribution in [3.63, 3.8) is 0 Å². The molecule has 2 aromatic carbocycles. The number of nitrogens with one attached hydrogen (secondary N) is 2. The van der Waals surface area contributed by atoms with E-state index in [-0.39, 0.29) is 17.3 Å². The van der Waals surface area contributed by atoms with Gasteiger partial charge in [0.2, 0.25) is 5.56 Å². The van der Waals surface area contributed by atoms with Crippen LogP contribution in [0.3, 0.4) is 0 Å². The summed E-state index contributed by atoms with van der Waals surface area (Å²) in [5.74, 6) is -1.58. The van der Waals surface area contributed by atoms with Crippen molar-refractivity contribution in [1.82, 2.24) is 14.8 Å². The number of carbonyl (C=O) groups is 1. The molecular formula is C30H33F4N5O3. The number of alkyl halides is 3. The number of pyridine rings is 1. The van der Waals surface area contributed by atoms with Crippen molar-refractivity contribution in [1.29, 1.82) is 0 Å². The first-order chi connectivity index (χ1) is 20.0. The van der Waals surface area contributed by atoms with Crippen molar-refractivity contribution in [3.05, 3.63) is 81.5 Å². The van der Waals surface area contributed by atoms with E-state index in [2.05, 4.69) is 20.1 Å². The minimum Gasteiger partial charge on any atom is -0.379 e. The van der Waals surface area contributed by atoms with Gasteiger partial charge in [-0.05, 0) is 43.3 Å². The average Bonchev–Trinajstić information content (AvgIpc) is 2.95. The summed E-state index contributed by atoms with van der Waals surface area (Å²) in [5, 5.41) is 2.59. The van der Waals surface area contributed by atoms with Crippen molar-refractivity contribution in [2.75, 3.05) is 63.2 Å². The van der Waals surface area contributed by atoms with Crippen LogP contribution in [0.4, 0.5) is 28.9 Å². The molecule has 224 valence electrons. The minimum atomic E-state index is -4.93. The van der Waals surface area contributed by atoms with Crippen LogP contribution in [0, 0.1) is 5.82 Å². The van der Waals surface area contributed by atoms with Gasteiger partial charge in [-0.25, -0.2) is 4.39 Å². The molecule has 2 N–H and O–H groups in total. The van der Waals surface area contributed by atoms with Crippen LogP contribution in [0.5, 0.6) is 0 Å². The lowest BCUT2D eigenvalue weighted by molar-refractivity contribution is -0.138. The van der Waals surface area contributed by atoms with E-state index >= 15 is 4.39 Å². The van der Waals surface area contributed by atoms with Gasteiger partial charge in [-0.2, -0.15) is 13.2 Å². The van der Waals surface area contributed by atoms with E-state index in [4.69, 9.17) is 4.74 Å². The topological polar surface area (TPSA) is 80.9 Å². The number of likely N-dealkylation sites (N-methyl/N-ethyl adjacent to an activating group) is 1. The Balaban J connectivity index is 1.53. The number of hydrogen-bond acceptors (Lipinski definition) is 6. The molecule has 0 spiro atoms. The number of ether oxygens (including phenoxy) is 1. The molecule has 42 heavy (non-hydrogen) atoms. The standard InChI is InChI=1S/C30H33F4N5O3/c1-19-17-39(7-6-37(19)2)27-15-25(31)22(21-5-3-4-20(12-21)18-38-8-10-42-11-9-38)13-26(27)36-29(41)23-16-35-28(40)14-24(23)30(32,33)34/h3-5,12-16,19H,6-11,17-18H2,1-2H3,(H,35,40)(H,36,41)/t19-/m0/s1. The molecule has 0 saturated carbocycles. The molecule has 1 atom stereocenters. The van der Waals surface area contributed by atoms with Gasteiger partial charge in [0.05, 0.1) is 35.7 Å². The number of amides is 1. The third-order valence-corrected chi connectivity index (χ3v) is 7.86. The second-order valence-corrected chi connectivity index (χ2v) is 10.8. The molecule has 3 aromatic rings. The molecule has 5 rings (SSSR count). The van der Waals surface area contributed by atoms with E-state index < -0.39 is 34.6 Å². The summed E-state index contributed by atoms with van der Waals surface area (Å²) in [7, 11) is 1.98. The van der Waals surface area contributed by atoms with Crippen LogP contribution in [0.15, 0.2) is 53.5 Å². The maximum Gasteiger partial charge on any atom is 0.417 e. The molecule has 0 aliphatic carbocycles. The maximum atomic E-state index is 15.8. The lowest BCUT2D eigenvalue weighted by Crippen LogP contribution is -2.50. The van der Waals surface area contributed by atoms with Gasteiger partial charge in [0.15, 0.2) is 0 Å². The van der Waals surface area contributed by atoms with Gasteiger partial charge in [-0.15, -0.1) is 0 Å². The molecular weight excluding hydrogens is 554 g/mol. The van der Waals surface area contributed by atoms with Gasteiger partial charge in [-0.3, -0.25) is 14.5 Å². The number of piperazine rings is 1. The second-order valence-electron chi connectivity index (χ2n) is 10.8. The normalized spacial score (nSPS) is 18.7. The highest BCUT2D eigenvalue weighted by Crippen LogP contribution is 2.37. The Kier molecular flexibility index (Phi) is 8.67. The van der Waals surface area contributed by atoms with Crippen LogP contribution >= 0.6 is 0 Å². The molecule has 2 aliphatic rings. The van der Waals surface area contributed by atoms with Crippen LogP contribution in [0.25, 0.3) is 11.1 Å². The Labute approximate surface area is 240 Å². The first-order valence-corrected chi connectivity index (χ1v) is 13.8. The first kappa shape index (κ1) is 29.7. The molecule has 1 aromatic heterocycles. The smallest absolute Gasteiger partial charge is 0.379 e. The number of rotatable bonds is 6. The van der Waals surface area contributed by atoms with E-state index in [0.717, 1.165) is 24.8 Å². The predicted octanol–water partition coefficient (Wildman–Crippen LogP) is 4.42. The molecule has 0 bridgehead atoms. The van der Waals surface area contributed by atoms with Crippen LogP contribution in [-0.2, 0) is 17.5 Å². The Hall–Kier alpha value is -3.74. The van der Waals surface area contributed by atoms with Gasteiger partial charge >= 0.3 is 6.18 Å². The summed E-state index contributed by atoms with van der Waals surface area (Å²) < 4.78 is 62.4. The molecule has 0 unspecified atom stereocenters. The number of halogens is 4. The van der Waals surface area contributed by atoms with Gasteiger partial charge in [-0.1, -0.05) is 18.2 Å². The summed E-state index contributed by atoms with van der Waals surface area (Å²) in [5.41, 5.74) is -0.774. The quantitative estimate of drug-likeness (QED) is 0.416. The fraction of sp³-hybridized carbons (Fsp3) is 0.400. The van der Waals surface area contributed by atoms with Crippen molar-refractivity contribution >= 4 is 17.3 Å². The van der Waals surface area contributed by atoms with Crippen LogP contribution in [0.1, 0.15) is 28.4 Å². The zero-order chi connectivity index (χ0) is 30.0. The summed E-state index contributed by atoms with van der Waals surface area (Å²) >= 11 is 0. The highest BCUT2D eigenvalue weighted by Gasteiger charge is 2.36. The predicted molar refractivity (Wildman–Crippen MR) is 152 cm³/mol. The van der Waals surface area contributed by atoms with Crippen LogP contribution < -0.4 is 15.8 Å². The number of benzene rings is 2. The summed E-state index contributed by atoms with van der Waals surface area (Å²) in [6.07, 6.45) is -4.18. The van der Waals surface area contributed by atoms with Crippen molar-refractivity contribution in [2.24, 2.45) is 0 Å². The Morgan fingerprint density at radius 2 is 1.86 bits per heavy atom. The molecule has 2 aliphatic heterocycles. The molecule has 2 saturated heterocycles. The van der Waals surface area contributed by atoms with E-state index in [1.54, 1.807) is 6.07 Å². The highest BCUT2D eigenvalue weighted by molar-refractivity contribution is 6.07. The van der Waals surface area contributed by atoms with Crippen molar-refractivity contribution in [3.8, 4) is 11.1 Å². The van der Waals surface area contributed by atoms with Crippen LogP contribution in [-0.4, -0.2) is 79.7 Å². The number of H-pyrrole nitrogens is 1. The average molecular weight is 588 g/mol. The van der Waals surface area contributed by atoms with E-state index in [1.165, 1.54) is 12.1 Å².